The van der Waals surface area contributed by atoms with Crippen molar-refractivity contribution in [2.75, 3.05) is 19.8 Å². The van der Waals surface area contributed by atoms with Gasteiger partial charge < -0.3 is 19.5 Å². The SMILES string of the molecule is C[C@@H]1C[C@H](NC(=O)[C@H]2C[C@@H]2c2ccc3c(c2)OCCO3)CCO1. The molecule has 5 heteroatoms. The van der Waals surface area contributed by atoms with E-state index in [1.54, 1.807) is 0 Å². The Hall–Kier alpha value is -1.75. The van der Waals surface area contributed by atoms with Crippen LogP contribution in [0.5, 0.6) is 11.5 Å². The van der Waals surface area contributed by atoms with Crippen molar-refractivity contribution >= 4 is 5.91 Å². The summed E-state index contributed by atoms with van der Waals surface area (Å²) in [4.78, 5) is 12.4. The Labute approximate surface area is 136 Å². The first kappa shape index (κ1) is 14.8. The second kappa shape index (κ2) is 6.04. The maximum absolute atomic E-state index is 12.4. The van der Waals surface area contributed by atoms with Crippen LogP contribution >= 0.6 is 0 Å². The van der Waals surface area contributed by atoms with Gasteiger partial charge in [-0.2, -0.15) is 0 Å². The smallest absolute Gasteiger partial charge is 0.223 e. The van der Waals surface area contributed by atoms with Gasteiger partial charge >= 0.3 is 0 Å². The Morgan fingerprint density at radius 1 is 1.13 bits per heavy atom. The fourth-order valence-electron chi connectivity index (χ4n) is 3.58. The molecule has 124 valence electrons. The molecule has 2 aliphatic heterocycles. The molecule has 23 heavy (non-hydrogen) atoms. The Balaban J connectivity index is 1.37. The highest BCUT2D eigenvalue weighted by Gasteiger charge is 2.44. The van der Waals surface area contributed by atoms with E-state index in [1.807, 2.05) is 12.1 Å². The predicted molar refractivity (Wildman–Crippen MR) is 84.9 cm³/mol. The molecular formula is C18H23NO4. The summed E-state index contributed by atoms with van der Waals surface area (Å²) >= 11 is 0. The van der Waals surface area contributed by atoms with E-state index in [1.165, 1.54) is 5.56 Å². The number of nitrogens with one attached hydrogen (secondary N) is 1. The molecule has 4 rings (SSSR count). The Morgan fingerprint density at radius 3 is 2.78 bits per heavy atom. The molecule has 4 atom stereocenters. The summed E-state index contributed by atoms with van der Waals surface area (Å²) in [6.07, 6.45) is 2.98. The minimum Gasteiger partial charge on any atom is -0.486 e. The van der Waals surface area contributed by atoms with Crippen LogP contribution < -0.4 is 14.8 Å². The average molecular weight is 317 g/mol. The summed E-state index contributed by atoms with van der Waals surface area (Å²) in [5, 5.41) is 3.20. The van der Waals surface area contributed by atoms with Gasteiger partial charge in [-0.15, -0.1) is 0 Å². The molecule has 2 heterocycles. The zero-order chi connectivity index (χ0) is 15.8. The lowest BCUT2D eigenvalue weighted by Crippen LogP contribution is -2.42. The lowest BCUT2D eigenvalue weighted by molar-refractivity contribution is -0.124. The molecule has 3 aliphatic rings. The van der Waals surface area contributed by atoms with Crippen molar-refractivity contribution in [1.82, 2.24) is 5.32 Å². The standard InChI is InChI=1S/C18H23NO4/c1-11-8-13(4-5-21-11)19-18(20)15-10-14(15)12-2-3-16-17(9-12)23-7-6-22-16/h2-3,9,11,13-15H,4-8,10H2,1H3,(H,19,20)/t11-,13-,14-,15+/m1/s1. The van der Waals surface area contributed by atoms with E-state index in [9.17, 15) is 4.79 Å². The highest BCUT2D eigenvalue weighted by atomic mass is 16.6. The maximum Gasteiger partial charge on any atom is 0.223 e. The number of carbonyl (C=O) groups excluding carboxylic acids is 1. The maximum atomic E-state index is 12.4. The van der Waals surface area contributed by atoms with E-state index < -0.39 is 0 Å². The van der Waals surface area contributed by atoms with E-state index in [-0.39, 0.29) is 24.0 Å². The van der Waals surface area contributed by atoms with Crippen LogP contribution in [0, 0.1) is 5.92 Å². The summed E-state index contributed by atoms with van der Waals surface area (Å²) in [6, 6.07) is 6.30. The normalized spacial score (nSPS) is 32.2. The highest BCUT2D eigenvalue weighted by Crippen LogP contribution is 2.49. The number of carbonyl (C=O) groups is 1. The molecule has 2 fully saturated rings. The number of benzene rings is 1. The van der Waals surface area contributed by atoms with Gasteiger partial charge in [0.15, 0.2) is 11.5 Å². The molecule has 1 aliphatic carbocycles. The molecule has 0 radical (unpaired) electrons. The Kier molecular flexibility index (Phi) is 3.89. The van der Waals surface area contributed by atoms with Crippen LogP contribution in [0.4, 0.5) is 0 Å². The summed E-state index contributed by atoms with van der Waals surface area (Å²) in [7, 11) is 0. The zero-order valence-electron chi connectivity index (χ0n) is 13.4. The van der Waals surface area contributed by atoms with E-state index in [2.05, 4.69) is 18.3 Å². The van der Waals surface area contributed by atoms with E-state index in [0.29, 0.717) is 19.1 Å². The van der Waals surface area contributed by atoms with Gasteiger partial charge in [0, 0.05) is 18.6 Å². The van der Waals surface area contributed by atoms with Gasteiger partial charge in [-0.05, 0) is 49.8 Å². The zero-order valence-corrected chi connectivity index (χ0v) is 13.4. The quantitative estimate of drug-likeness (QED) is 0.929. The molecule has 0 unspecified atom stereocenters. The van der Waals surface area contributed by atoms with Crippen LogP contribution in [0.1, 0.15) is 37.7 Å². The van der Waals surface area contributed by atoms with Gasteiger partial charge in [0.05, 0.1) is 6.10 Å². The minimum absolute atomic E-state index is 0.0932. The fourth-order valence-corrected chi connectivity index (χ4v) is 3.58. The number of fused-ring (bicyclic) bond motifs is 1. The van der Waals surface area contributed by atoms with E-state index in [0.717, 1.165) is 37.4 Å². The summed E-state index contributed by atoms with van der Waals surface area (Å²) in [5.74, 6) is 2.19. The summed E-state index contributed by atoms with van der Waals surface area (Å²) in [6.45, 7) is 3.99. The summed E-state index contributed by atoms with van der Waals surface area (Å²) in [5.41, 5.74) is 1.18. The van der Waals surface area contributed by atoms with Crippen LogP contribution in [0.25, 0.3) is 0 Å². The van der Waals surface area contributed by atoms with Gasteiger partial charge in [-0.3, -0.25) is 4.79 Å². The molecule has 0 bridgehead atoms. The number of ether oxygens (including phenoxy) is 3. The van der Waals surface area contributed by atoms with Gasteiger partial charge in [0.2, 0.25) is 5.91 Å². The van der Waals surface area contributed by atoms with Crippen LogP contribution in [0.3, 0.4) is 0 Å². The van der Waals surface area contributed by atoms with Crippen LogP contribution in [0.2, 0.25) is 0 Å². The first-order chi connectivity index (χ1) is 11.2. The van der Waals surface area contributed by atoms with Crippen molar-refractivity contribution in [3.8, 4) is 11.5 Å². The third-order valence-electron chi connectivity index (χ3n) is 4.95. The van der Waals surface area contributed by atoms with Gasteiger partial charge in [-0.1, -0.05) is 6.07 Å². The average Bonchev–Trinajstić information content (AvgIpc) is 3.35. The second-order valence-corrected chi connectivity index (χ2v) is 6.76. The number of rotatable bonds is 3. The molecule has 1 saturated carbocycles. The highest BCUT2D eigenvalue weighted by molar-refractivity contribution is 5.83. The van der Waals surface area contributed by atoms with Crippen molar-refractivity contribution in [3.63, 3.8) is 0 Å². The lowest BCUT2D eigenvalue weighted by Gasteiger charge is -2.28. The largest absolute Gasteiger partial charge is 0.486 e. The minimum atomic E-state index is 0.0932. The third kappa shape index (κ3) is 3.15. The number of amides is 1. The molecule has 1 saturated heterocycles. The molecule has 0 aromatic heterocycles. The molecule has 1 aromatic rings. The number of hydrogen-bond acceptors (Lipinski definition) is 4. The van der Waals surface area contributed by atoms with Crippen molar-refractivity contribution < 1.29 is 19.0 Å². The third-order valence-corrected chi connectivity index (χ3v) is 4.95. The molecule has 1 amide bonds. The van der Waals surface area contributed by atoms with E-state index in [4.69, 9.17) is 14.2 Å². The molecular weight excluding hydrogens is 294 g/mol. The van der Waals surface area contributed by atoms with Gasteiger partial charge in [-0.25, -0.2) is 0 Å². The first-order valence-electron chi connectivity index (χ1n) is 8.52. The number of hydrogen-bond donors (Lipinski definition) is 1. The Bertz CT molecular complexity index is 603. The molecule has 1 aromatic carbocycles. The van der Waals surface area contributed by atoms with Gasteiger partial charge in [0.1, 0.15) is 13.2 Å². The first-order valence-corrected chi connectivity index (χ1v) is 8.52. The fraction of sp³-hybridized carbons (Fsp3) is 0.611. The topological polar surface area (TPSA) is 56.8 Å². The predicted octanol–water partition coefficient (Wildman–Crippen LogP) is 2.25. The monoisotopic (exact) mass is 317 g/mol. The van der Waals surface area contributed by atoms with Crippen LogP contribution in [-0.2, 0) is 9.53 Å². The molecule has 5 nitrogen and oxygen atoms in total. The van der Waals surface area contributed by atoms with Crippen LogP contribution in [-0.4, -0.2) is 37.9 Å². The van der Waals surface area contributed by atoms with E-state index >= 15 is 0 Å². The van der Waals surface area contributed by atoms with Crippen molar-refractivity contribution in [2.24, 2.45) is 5.92 Å². The van der Waals surface area contributed by atoms with Crippen molar-refractivity contribution in [2.45, 2.75) is 44.2 Å². The molecule has 0 spiro atoms. The Morgan fingerprint density at radius 2 is 1.96 bits per heavy atom. The van der Waals surface area contributed by atoms with Crippen LogP contribution in [0.15, 0.2) is 18.2 Å². The van der Waals surface area contributed by atoms with Crippen molar-refractivity contribution in [3.05, 3.63) is 23.8 Å². The van der Waals surface area contributed by atoms with Crippen molar-refractivity contribution in [1.29, 1.82) is 0 Å². The second-order valence-electron chi connectivity index (χ2n) is 6.76. The lowest BCUT2D eigenvalue weighted by atomic mass is 10.0. The van der Waals surface area contributed by atoms with Gasteiger partial charge in [0.25, 0.3) is 0 Å². The summed E-state index contributed by atoms with van der Waals surface area (Å²) < 4.78 is 16.7. The molecule has 1 N–H and O–H groups in total.